The SMILES string of the molecule is Cc1cc(N2CCCC2)ccc1Nc1ccc(S(=O)(=O)C(F)F)cc1. The summed E-state index contributed by atoms with van der Waals surface area (Å²) < 4.78 is 48.0. The van der Waals surface area contributed by atoms with E-state index in [-0.39, 0.29) is 4.90 Å². The average molecular weight is 366 g/mol. The third-order valence-corrected chi connectivity index (χ3v) is 5.78. The highest BCUT2D eigenvalue weighted by Crippen LogP contribution is 2.28. The van der Waals surface area contributed by atoms with Crippen molar-refractivity contribution >= 4 is 26.9 Å². The second-order valence-electron chi connectivity index (χ2n) is 6.15. The monoisotopic (exact) mass is 366 g/mol. The number of alkyl halides is 2. The summed E-state index contributed by atoms with van der Waals surface area (Å²) in [4.78, 5) is 1.97. The minimum Gasteiger partial charge on any atom is -0.372 e. The lowest BCUT2D eigenvalue weighted by Gasteiger charge is -2.19. The van der Waals surface area contributed by atoms with E-state index in [2.05, 4.69) is 22.3 Å². The summed E-state index contributed by atoms with van der Waals surface area (Å²) in [6, 6.07) is 11.5. The average Bonchev–Trinajstić information content (AvgIpc) is 3.11. The first-order valence-corrected chi connectivity index (χ1v) is 9.67. The molecule has 25 heavy (non-hydrogen) atoms. The van der Waals surface area contributed by atoms with Crippen LogP contribution in [0, 0.1) is 6.92 Å². The predicted octanol–water partition coefficient (Wildman–Crippen LogP) is 4.34. The van der Waals surface area contributed by atoms with Crippen molar-refractivity contribution in [3.63, 3.8) is 0 Å². The van der Waals surface area contributed by atoms with E-state index < -0.39 is 15.6 Å². The Hall–Kier alpha value is -2.15. The molecule has 1 saturated heterocycles. The highest BCUT2D eigenvalue weighted by atomic mass is 32.2. The van der Waals surface area contributed by atoms with E-state index in [0.29, 0.717) is 5.69 Å². The zero-order chi connectivity index (χ0) is 18.0. The van der Waals surface area contributed by atoms with E-state index in [1.54, 1.807) is 0 Å². The molecule has 7 heteroatoms. The molecule has 0 spiro atoms. The molecule has 134 valence electrons. The van der Waals surface area contributed by atoms with Crippen molar-refractivity contribution in [2.75, 3.05) is 23.3 Å². The van der Waals surface area contributed by atoms with E-state index in [1.807, 2.05) is 13.0 Å². The van der Waals surface area contributed by atoms with Crippen molar-refractivity contribution in [1.82, 2.24) is 0 Å². The van der Waals surface area contributed by atoms with Crippen LogP contribution in [0.1, 0.15) is 18.4 Å². The number of nitrogens with zero attached hydrogens (tertiary/aromatic N) is 1. The van der Waals surface area contributed by atoms with Crippen LogP contribution >= 0.6 is 0 Å². The molecule has 1 heterocycles. The molecule has 4 nitrogen and oxygen atoms in total. The molecular formula is C18H20F2N2O2S. The number of hydrogen-bond acceptors (Lipinski definition) is 4. The first-order valence-electron chi connectivity index (χ1n) is 8.13. The molecule has 0 aromatic heterocycles. The Morgan fingerprint density at radius 1 is 1.04 bits per heavy atom. The maximum absolute atomic E-state index is 12.6. The topological polar surface area (TPSA) is 49.4 Å². The van der Waals surface area contributed by atoms with Gasteiger partial charge < -0.3 is 10.2 Å². The predicted molar refractivity (Wildman–Crippen MR) is 95.5 cm³/mol. The standard InChI is InChI=1S/C18H20F2N2O2S/c1-13-12-15(22-10-2-3-11-22)6-9-17(13)21-14-4-7-16(8-5-14)25(23,24)18(19)20/h4-9,12,18,21H,2-3,10-11H2,1H3. The summed E-state index contributed by atoms with van der Waals surface area (Å²) in [5, 5.41) is 3.20. The highest BCUT2D eigenvalue weighted by molar-refractivity contribution is 7.91. The lowest BCUT2D eigenvalue weighted by molar-refractivity contribution is 0.234. The molecule has 2 aromatic carbocycles. The Morgan fingerprint density at radius 2 is 1.68 bits per heavy atom. The number of aryl methyl sites for hydroxylation is 1. The van der Waals surface area contributed by atoms with Gasteiger partial charge in [-0.15, -0.1) is 0 Å². The maximum atomic E-state index is 12.6. The molecule has 0 bridgehead atoms. The van der Waals surface area contributed by atoms with Crippen molar-refractivity contribution in [3.05, 3.63) is 48.0 Å². The summed E-state index contributed by atoms with van der Waals surface area (Å²) in [5.74, 6) is -3.41. The molecule has 0 amide bonds. The van der Waals surface area contributed by atoms with E-state index >= 15 is 0 Å². The van der Waals surface area contributed by atoms with Gasteiger partial charge in [0.25, 0.3) is 0 Å². The van der Waals surface area contributed by atoms with E-state index in [0.717, 1.165) is 24.3 Å². The molecule has 0 saturated carbocycles. The third-order valence-electron chi connectivity index (χ3n) is 4.38. The maximum Gasteiger partial charge on any atom is 0.341 e. The first kappa shape index (κ1) is 17.7. The number of anilines is 3. The molecule has 0 atom stereocenters. The number of sulfone groups is 1. The van der Waals surface area contributed by atoms with Gasteiger partial charge in [-0.25, -0.2) is 8.42 Å². The fourth-order valence-electron chi connectivity index (χ4n) is 2.95. The third kappa shape index (κ3) is 3.76. The van der Waals surface area contributed by atoms with E-state index in [4.69, 9.17) is 0 Å². The van der Waals surface area contributed by atoms with Crippen LogP contribution in [-0.4, -0.2) is 27.3 Å². The van der Waals surface area contributed by atoms with Gasteiger partial charge in [0.05, 0.1) is 4.90 Å². The van der Waals surface area contributed by atoms with Crippen LogP contribution in [0.5, 0.6) is 0 Å². The Kier molecular flexibility index (Phi) is 4.94. The molecule has 0 radical (unpaired) electrons. The summed E-state index contributed by atoms with van der Waals surface area (Å²) in [7, 11) is -4.56. The van der Waals surface area contributed by atoms with Gasteiger partial charge in [0.1, 0.15) is 0 Å². The molecule has 1 aliphatic rings. The largest absolute Gasteiger partial charge is 0.372 e. The Balaban J connectivity index is 1.76. The second kappa shape index (κ2) is 7.00. The van der Waals surface area contributed by atoms with Crippen molar-refractivity contribution in [1.29, 1.82) is 0 Å². The van der Waals surface area contributed by atoms with Crippen LogP contribution in [0.3, 0.4) is 0 Å². The summed E-state index contributed by atoms with van der Waals surface area (Å²) in [5.41, 5.74) is 3.80. The molecule has 1 aliphatic heterocycles. The van der Waals surface area contributed by atoms with Crippen LogP contribution in [0.4, 0.5) is 25.8 Å². The lowest BCUT2D eigenvalue weighted by Crippen LogP contribution is -2.17. The van der Waals surface area contributed by atoms with Crippen LogP contribution in [0.15, 0.2) is 47.4 Å². The molecular weight excluding hydrogens is 346 g/mol. The van der Waals surface area contributed by atoms with Gasteiger partial charge in [-0.2, -0.15) is 8.78 Å². The molecule has 0 unspecified atom stereocenters. The fraction of sp³-hybridized carbons (Fsp3) is 0.333. The van der Waals surface area contributed by atoms with E-state index in [9.17, 15) is 17.2 Å². The van der Waals surface area contributed by atoms with Crippen LogP contribution < -0.4 is 10.2 Å². The van der Waals surface area contributed by atoms with Crippen molar-refractivity contribution < 1.29 is 17.2 Å². The molecule has 0 aliphatic carbocycles. The van der Waals surface area contributed by atoms with Gasteiger partial charge in [0.2, 0.25) is 9.84 Å². The van der Waals surface area contributed by atoms with Crippen LogP contribution in [0.25, 0.3) is 0 Å². The van der Waals surface area contributed by atoms with Gasteiger partial charge in [-0.05, 0) is 67.8 Å². The highest BCUT2D eigenvalue weighted by Gasteiger charge is 2.26. The molecule has 2 aromatic rings. The molecule has 1 N–H and O–H groups in total. The Morgan fingerprint density at radius 3 is 2.24 bits per heavy atom. The van der Waals surface area contributed by atoms with Crippen LogP contribution in [0.2, 0.25) is 0 Å². The number of rotatable bonds is 5. The number of hydrogen-bond donors (Lipinski definition) is 1. The lowest BCUT2D eigenvalue weighted by atomic mass is 10.1. The number of benzene rings is 2. The summed E-state index contributed by atoms with van der Waals surface area (Å²) >= 11 is 0. The second-order valence-corrected chi connectivity index (χ2v) is 8.07. The zero-order valence-corrected chi connectivity index (χ0v) is 14.7. The first-order chi connectivity index (χ1) is 11.9. The van der Waals surface area contributed by atoms with Crippen molar-refractivity contribution in [2.45, 2.75) is 30.4 Å². The minimum atomic E-state index is -4.56. The number of halogens is 2. The quantitative estimate of drug-likeness (QED) is 0.855. The van der Waals surface area contributed by atoms with Gasteiger partial charge in [0, 0.05) is 30.2 Å². The minimum absolute atomic E-state index is 0.380. The summed E-state index contributed by atoms with van der Waals surface area (Å²) in [6.45, 7) is 4.15. The van der Waals surface area contributed by atoms with E-state index in [1.165, 1.54) is 42.8 Å². The Bertz CT molecular complexity index is 846. The smallest absolute Gasteiger partial charge is 0.341 e. The summed E-state index contributed by atoms with van der Waals surface area (Å²) in [6.07, 6.45) is 2.43. The van der Waals surface area contributed by atoms with Crippen molar-refractivity contribution in [2.24, 2.45) is 0 Å². The Labute approximate surface area is 146 Å². The molecule has 1 fully saturated rings. The normalized spacial score (nSPS) is 15.0. The van der Waals surface area contributed by atoms with Gasteiger partial charge in [-0.1, -0.05) is 0 Å². The van der Waals surface area contributed by atoms with Gasteiger partial charge in [-0.3, -0.25) is 0 Å². The molecule has 3 rings (SSSR count). The number of nitrogens with one attached hydrogen (secondary N) is 1. The van der Waals surface area contributed by atoms with Crippen LogP contribution in [-0.2, 0) is 9.84 Å². The van der Waals surface area contributed by atoms with Crippen molar-refractivity contribution in [3.8, 4) is 0 Å². The zero-order valence-electron chi connectivity index (χ0n) is 13.9. The van der Waals surface area contributed by atoms with Gasteiger partial charge in [0.15, 0.2) is 0 Å². The van der Waals surface area contributed by atoms with Gasteiger partial charge >= 0.3 is 5.76 Å². The fourth-order valence-corrected chi connectivity index (χ4v) is 3.67.